The number of ether oxygens (including phenoxy) is 1. The quantitative estimate of drug-likeness (QED) is 0.688. The Balaban J connectivity index is 1.61. The van der Waals surface area contributed by atoms with Gasteiger partial charge in [-0.25, -0.2) is 4.68 Å². The minimum absolute atomic E-state index is 0.136. The molecule has 1 fully saturated rings. The fourth-order valence-electron chi connectivity index (χ4n) is 3.39. The molecular weight excluding hydrogens is 356 g/mol. The fraction of sp³-hybridized carbons (Fsp3) is 0.429. The van der Waals surface area contributed by atoms with Crippen molar-refractivity contribution in [3.05, 3.63) is 53.9 Å². The molecule has 1 atom stereocenters. The molecule has 0 N–H and O–H groups in total. The minimum atomic E-state index is -0.262. The molecule has 0 saturated carbocycles. The van der Waals surface area contributed by atoms with Gasteiger partial charge in [0.25, 0.3) is 5.91 Å². The number of hydrogen-bond acceptors (Lipinski definition) is 5. The molecule has 0 spiro atoms. The lowest BCUT2D eigenvalue weighted by molar-refractivity contribution is -0.144. The Labute approximate surface area is 165 Å². The number of amides is 1. The Hall–Kier alpha value is -2.96. The maximum atomic E-state index is 12.9. The van der Waals surface area contributed by atoms with Crippen LogP contribution in [0.25, 0.3) is 6.08 Å². The second-order valence-corrected chi connectivity index (χ2v) is 6.80. The van der Waals surface area contributed by atoms with Crippen molar-refractivity contribution in [3.63, 3.8) is 0 Å². The van der Waals surface area contributed by atoms with E-state index in [0.29, 0.717) is 25.4 Å². The summed E-state index contributed by atoms with van der Waals surface area (Å²) in [4.78, 5) is 26.5. The van der Waals surface area contributed by atoms with E-state index in [4.69, 9.17) is 4.74 Å². The number of likely N-dealkylation sites (tertiary alicyclic amines) is 1. The van der Waals surface area contributed by atoms with Crippen LogP contribution in [0.4, 0.5) is 0 Å². The van der Waals surface area contributed by atoms with Crippen molar-refractivity contribution < 1.29 is 14.3 Å². The maximum absolute atomic E-state index is 12.9. The lowest BCUT2D eigenvalue weighted by atomic mass is 9.99. The predicted octanol–water partition coefficient (Wildman–Crippen LogP) is 2.94. The van der Waals surface area contributed by atoms with Crippen molar-refractivity contribution in [2.45, 2.75) is 45.2 Å². The van der Waals surface area contributed by atoms with Gasteiger partial charge in [-0.15, -0.1) is 5.10 Å². The van der Waals surface area contributed by atoms with Crippen LogP contribution >= 0.6 is 0 Å². The molecule has 7 nitrogen and oxygen atoms in total. The summed E-state index contributed by atoms with van der Waals surface area (Å²) in [5.41, 5.74) is 1.41. The molecule has 1 aromatic heterocycles. The molecule has 1 unspecified atom stereocenters. The van der Waals surface area contributed by atoms with Crippen LogP contribution in [-0.4, -0.2) is 51.0 Å². The smallest absolute Gasteiger partial charge is 0.307 e. The summed E-state index contributed by atoms with van der Waals surface area (Å²) in [6, 6.07) is 9.85. The van der Waals surface area contributed by atoms with Gasteiger partial charge in [0, 0.05) is 12.6 Å². The molecular formula is C21H26N4O3. The van der Waals surface area contributed by atoms with Gasteiger partial charge in [0.1, 0.15) is 0 Å². The van der Waals surface area contributed by atoms with Crippen LogP contribution in [0.5, 0.6) is 0 Å². The lowest BCUT2D eigenvalue weighted by Crippen LogP contribution is -2.45. The van der Waals surface area contributed by atoms with E-state index >= 15 is 0 Å². The van der Waals surface area contributed by atoms with Crippen LogP contribution in [0.3, 0.4) is 0 Å². The second kappa shape index (κ2) is 9.82. The third kappa shape index (κ3) is 5.28. The Morgan fingerprint density at radius 3 is 2.86 bits per heavy atom. The number of carbonyl (C=O) groups excluding carboxylic acids is 2. The van der Waals surface area contributed by atoms with E-state index in [1.165, 1.54) is 0 Å². The minimum Gasteiger partial charge on any atom is -0.466 e. The van der Waals surface area contributed by atoms with Crippen LogP contribution in [-0.2, 0) is 16.1 Å². The monoisotopic (exact) mass is 382 g/mol. The first-order valence-corrected chi connectivity index (χ1v) is 9.75. The topological polar surface area (TPSA) is 77.3 Å². The summed E-state index contributed by atoms with van der Waals surface area (Å²) in [5, 5.41) is 8.09. The summed E-state index contributed by atoms with van der Waals surface area (Å²) >= 11 is 0. The standard InChI is InChI=1S/C21H26N4O3/c1-2-28-20(26)15-18-12-6-7-14-25(18)21(27)19-16-24(23-22-19)13-8-11-17-9-4-3-5-10-17/h3-5,8-11,16,18H,2,6-7,12-15H2,1H3/b11-8+. The first-order chi connectivity index (χ1) is 13.7. The number of nitrogens with zero attached hydrogens (tertiary/aromatic N) is 4. The van der Waals surface area contributed by atoms with E-state index in [2.05, 4.69) is 10.3 Å². The average Bonchev–Trinajstić information content (AvgIpc) is 3.18. The third-order valence-electron chi connectivity index (χ3n) is 4.76. The second-order valence-electron chi connectivity index (χ2n) is 6.80. The molecule has 0 aliphatic carbocycles. The van der Waals surface area contributed by atoms with E-state index in [1.807, 2.05) is 42.5 Å². The summed E-state index contributed by atoms with van der Waals surface area (Å²) in [6.45, 7) is 3.29. The zero-order valence-electron chi connectivity index (χ0n) is 16.2. The molecule has 7 heteroatoms. The van der Waals surface area contributed by atoms with Crippen LogP contribution < -0.4 is 0 Å². The molecule has 2 aromatic rings. The van der Waals surface area contributed by atoms with Gasteiger partial charge in [-0.1, -0.05) is 47.7 Å². The van der Waals surface area contributed by atoms with Gasteiger partial charge in [-0.05, 0) is 31.7 Å². The third-order valence-corrected chi connectivity index (χ3v) is 4.76. The molecule has 0 radical (unpaired) electrons. The van der Waals surface area contributed by atoms with Crippen molar-refractivity contribution in [2.75, 3.05) is 13.2 Å². The van der Waals surface area contributed by atoms with Crippen molar-refractivity contribution in [1.82, 2.24) is 19.9 Å². The normalized spacial score (nSPS) is 17.0. The lowest BCUT2D eigenvalue weighted by Gasteiger charge is -2.34. The molecule has 1 aliphatic rings. The predicted molar refractivity (Wildman–Crippen MR) is 105 cm³/mol. The van der Waals surface area contributed by atoms with E-state index in [-0.39, 0.29) is 24.3 Å². The van der Waals surface area contributed by atoms with Gasteiger partial charge < -0.3 is 9.64 Å². The van der Waals surface area contributed by atoms with Crippen molar-refractivity contribution in [1.29, 1.82) is 0 Å². The molecule has 1 aliphatic heterocycles. The molecule has 148 valence electrons. The number of esters is 1. The van der Waals surface area contributed by atoms with Crippen molar-refractivity contribution >= 4 is 18.0 Å². The number of hydrogen-bond donors (Lipinski definition) is 0. The highest BCUT2D eigenvalue weighted by atomic mass is 16.5. The molecule has 0 bridgehead atoms. The Morgan fingerprint density at radius 2 is 2.07 bits per heavy atom. The van der Waals surface area contributed by atoms with E-state index < -0.39 is 0 Å². The fourth-order valence-corrected chi connectivity index (χ4v) is 3.39. The number of rotatable bonds is 7. The first kappa shape index (κ1) is 19.8. The van der Waals surface area contributed by atoms with E-state index in [9.17, 15) is 9.59 Å². The highest BCUT2D eigenvalue weighted by Crippen LogP contribution is 2.22. The van der Waals surface area contributed by atoms with Crippen LogP contribution in [0, 0.1) is 0 Å². The average molecular weight is 382 g/mol. The molecule has 1 saturated heterocycles. The zero-order valence-corrected chi connectivity index (χ0v) is 16.2. The van der Waals surface area contributed by atoms with E-state index in [1.54, 1.807) is 22.7 Å². The zero-order chi connectivity index (χ0) is 19.8. The van der Waals surface area contributed by atoms with Crippen LogP contribution in [0.15, 0.2) is 42.6 Å². The maximum Gasteiger partial charge on any atom is 0.307 e. The molecule has 2 heterocycles. The van der Waals surface area contributed by atoms with Gasteiger partial charge in [-0.2, -0.15) is 0 Å². The number of allylic oxidation sites excluding steroid dienone is 1. The van der Waals surface area contributed by atoms with Crippen LogP contribution in [0.2, 0.25) is 0 Å². The van der Waals surface area contributed by atoms with Gasteiger partial charge in [0.05, 0.1) is 25.8 Å². The van der Waals surface area contributed by atoms with Gasteiger partial charge in [0.2, 0.25) is 0 Å². The summed E-state index contributed by atoms with van der Waals surface area (Å²) in [6.07, 6.45) is 8.61. The van der Waals surface area contributed by atoms with Gasteiger partial charge in [0.15, 0.2) is 5.69 Å². The Morgan fingerprint density at radius 1 is 1.25 bits per heavy atom. The highest BCUT2D eigenvalue weighted by molar-refractivity contribution is 5.92. The Bertz CT molecular complexity index is 816. The molecule has 28 heavy (non-hydrogen) atoms. The molecule has 1 aromatic carbocycles. The summed E-state index contributed by atoms with van der Waals surface area (Å²) < 4.78 is 6.68. The Kier molecular flexibility index (Phi) is 6.94. The van der Waals surface area contributed by atoms with Crippen molar-refractivity contribution in [3.8, 4) is 0 Å². The SMILES string of the molecule is CCOC(=O)CC1CCCCN1C(=O)c1cn(C/C=C/c2ccccc2)nn1. The molecule has 3 rings (SSSR count). The highest BCUT2D eigenvalue weighted by Gasteiger charge is 2.30. The molecule has 1 amide bonds. The largest absolute Gasteiger partial charge is 0.466 e. The summed E-state index contributed by atoms with van der Waals surface area (Å²) in [7, 11) is 0. The first-order valence-electron chi connectivity index (χ1n) is 9.75. The number of carbonyl (C=O) groups is 2. The number of aromatic nitrogens is 3. The van der Waals surface area contributed by atoms with Gasteiger partial charge in [-0.3, -0.25) is 9.59 Å². The number of benzene rings is 1. The van der Waals surface area contributed by atoms with Gasteiger partial charge >= 0.3 is 5.97 Å². The van der Waals surface area contributed by atoms with Crippen LogP contribution in [0.1, 0.15) is 48.7 Å². The number of piperidine rings is 1. The van der Waals surface area contributed by atoms with E-state index in [0.717, 1.165) is 24.8 Å². The van der Waals surface area contributed by atoms with Crippen molar-refractivity contribution in [2.24, 2.45) is 0 Å². The summed E-state index contributed by atoms with van der Waals surface area (Å²) in [5.74, 6) is -0.436.